The molecular weight excluding hydrogens is 286 g/mol. The monoisotopic (exact) mass is 307 g/mol. The van der Waals surface area contributed by atoms with Crippen molar-refractivity contribution < 1.29 is 9.59 Å². The third-order valence-electron chi connectivity index (χ3n) is 3.80. The van der Waals surface area contributed by atoms with Gasteiger partial charge < -0.3 is 16.0 Å². The molecule has 5 nitrogen and oxygen atoms in total. The molecule has 0 radical (unpaired) electrons. The van der Waals surface area contributed by atoms with E-state index in [1.54, 1.807) is 16.7 Å². The third kappa shape index (κ3) is 3.69. The Hall–Kier alpha value is -1.69. The highest BCUT2D eigenvalue weighted by atomic mass is 32.2. The number of carbonyl (C=O) groups excluding carboxylic acids is 2. The highest BCUT2D eigenvalue weighted by Gasteiger charge is 2.27. The molecule has 0 aromatic heterocycles. The number of carbonyl (C=O) groups is 2. The van der Waals surface area contributed by atoms with Crippen molar-refractivity contribution in [2.24, 2.45) is 11.7 Å². The molecule has 0 saturated carbocycles. The van der Waals surface area contributed by atoms with Crippen molar-refractivity contribution >= 4 is 29.4 Å². The van der Waals surface area contributed by atoms with Crippen LogP contribution in [0.2, 0.25) is 0 Å². The Morgan fingerprint density at radius 3 is 2.86 bits per heavy atom. The maximum atomic E-state index is 12.4. The molecule has 3 N–H and O–H groups in total. The first-order chi connectivity index (χ1) is 10.0. The normalized spacial score (nSPS) is 18.4. The van der Waals surface area contributed by atoms with Gasteiger partial charge in [-0.25, -0.2) is 4.79 Å². The largest absolute Gasteiger partial charge is 0.369 e. The van der Waals surface area contributed by atoms with Crippen LogP contribution in [-0.4, -0.2) is 36.2 Å². The first kappa shape index (κ1) is 15.7. The van der Waals surface area contributed by atoms with Crippen LogP contribution in [0.1, 0.15) is 18.4 Å². The Kier molecular flexibility index (Phi) is 5.12. The topological polar surface area (TPSA) is 75.4 Å². The zero-order valence-corrected chi connectivity index (χ0v) is 13.2. The molecule has 1 aliphatic heterocycles. The minimum absolute atomic E-state index is 0.162. The lowest BCUT2D eigenvalue weighted by molar-refractivity contribution is -0.123. The molecule has 3 amide bonds. The van der Waals surface area contributed by atoms with Crippen LogP contribution in [0.5, 0.6) is 0 Å². The van der Waals surface area contributed by atoms with E-state index in [2.05, 4.69) is 5.32 Å². The molecule has 1 saturated heterocycles. The number of nitrogens with zero attached hydrogens (tertiary/aromatic N) is 1. The van der Waals surface area contributed by atoms with Crippen molar-refractivity contribution in [3.05, 3.63) is 23.8 Å². The number of nitrogens with one attached hydrogen (secondary N) is 1. The van der Waals surface area contributed by atoms with Crippen molar-refractivity contribution in [1.82, 2.24) is 4.90 Å². The number of anilines is 1. The van der Waals surface area contributed by atoms with E-state index in [4.69, 9.17) is 5.73 Å². The summed E-state index contributed by atoms with van der Waals surface area (Å²) in [6, 6.07) is 5.76. The summed E-state index contributed by atoms with van der Waals surface area (Å²) in [5.74, 6) is -0.561. The summed E-state index contributed by atoms with van der Waals surface area (Å²) in [4.78, 5) is 26.4. The quantitative estimate of drug-likeness (QED) is 0.842. The summed E-state index contributed by atoms with van der Waals surface area (Å²) in [6.07, 6.45) is 3.55. The summed E-state index contributed by atoms with van der Waals surface area (Å²) in [5, 5.41) is 2.97. The average Bonchev–Trinajstić information content (AvgIpc) is 2.49. The lowest BCUT2D eigenvalue weighted by atomic mass is 9.98. The Balaban J connectivity index is 2.09. The average molecular weight is 307 g/mol. The zero-order valence-electron chi connectivity index (χ0n) is 12.4. The Bertz CT molecular complexity index is 548. The van der Waals surface area contributed by atoms with Gasteiger partial charge in [0.15, 0.2) is 0 Å². The SMILES string of the molecule is CSc1cccc(C)c1NC(=O)N1CCCC(C(N)=O)C1. The number of thioether (sulfide) groups is 1. The summed E-state index contributed by atoms with van der Waals surface area (Å²) >= 11 is 1.60. The molecule has 1 aromatic carbocycles. The summed E-state index contributed by atoms with van der Waals surface area (Å²) in [5.41, 5.74) is 7.22. The number of likely N-dealkylation sites (tertiary alicyclic amines) is 1. The molecule has 1 fully saturated rings. The molecule has 0 aliphatic carbocycles. The standard InChI is InChI=1S/C15H21N3O2S/c1-10-5-3-7-12(21-2)13(10)17-15(20)18-8-4-6-11(9-18)14(16)19/h3,5,7,11H,4,6,8-9H2,1-2H3,(H2,16,19)(H,17,20). The van der Waals surface area contributed by atoms with Gasteiger partial charge in [-0.05, 0) is 37.7 Å². The van der Waals surface area contributed by atoms with E-state index in [9.17, 15) is 9.59 Å². The van der Waals surface area contributed by atoms with Gasteiger partial charge in [-0.15, -0.1) is 11.8 Å². The van der Waals surface area contributed by atoms with E-state index >= 15 is 0 Å². The molecule has 6 heteroatoms. The highest BCUT2D eigenvalue weighted by Crippen LogP contribution is 2.29. The molecule has 21 heavy (non-hydrogen) atoms. The summed E-state index contributed by atoms with van der Waals surface area (Å²) in [6.45, 7) is 3.04. The third-order valence-corrected chi connectivity index (χ3v) is 4.58. The number of piperidine rings is 1. The lowest BCUT2D eigenvalue weighted by Crippen LogP contribution is -2.45. The van der Waals surface area contributed by atoms with Gasteiger partial charge in [-0.3, -0.25) is 4.79 Å². The molecule has 1 aliphatic rings. The summed E-state index contributed by atoms with van der Waals surface area (Å²) in [7, 11) is 0. The van der Waals surface area contributed by atoms with Crippen molar-refractivity contribution in [1.29, 1.82) is 0 Å². The smallest absolute Gasteiger partial charge is 0.321 e. The number of primary amides is 1. The van der Waals surface area contributed by atoms with Crippen LogP contribution >= 0.6 is 11.8 Å². The fourth-order valence-corrected chi connectivity index (χ4v) is 3.18. The van der Waals surface area contributed by atoms with Crippen LogP contribution in [0.15, 0.2) is 23.1 Å². The van der Waals surface area contributed by atoms with E-state index in [0.717, 1.165) is 29.0 Å². The number of hydrogen-bond donors (Lipinski definition) is 2. The number of para-hydroxylation sites is 1. The second-order valence-electron chi connectivity index (χ2n) is 5.27. The van der Waals surface area contributed by atoms with Gasteiger partial charge in [0.2, 0.25) is 5.91 Å². The molecule has 114 valence electrons. The zero-order chi connectivity index (χ0) is 15.4. The van der Waals surface area contributed by atoms with Crippen LogP contribution in [-0.2, 0) is 4.79 Å². The van der Waals surface area contributed by atoms with Crippen molar-refractivity contribution in [2.45, 2.75) is 24.7 Å². The van der Waals surface area contributed by atoms with Crippen LogP contribution in [0.4, 0.5) is 10.5 Å². The van der Waals surface area contributed by atoms with E-state index in [1.807, 2.05) is 31.4 Å². The minimum atomic E-state index is -0.326. The second-order valence-corrected chi connectivity index (χ2v) is 6.12. The highest BCUT2D eigenvalue weighted by molar-refractivity contribution is 7.98. The Labute approximate surface area is 129 Å². The predicted molar refractivity (Wildman–Crippen MR) is 85.5 cm³/mol. The predicted octanol–water partition coefficient (Wildman–Crippen LogP) is 2.45. The molecular formula is C15H21N3O2S. The second kappa shape index (κ2) is 6.85. The number of amides is 3. The van der Waals surface area contributed by atoms with Gasteiger partial charge >= 0.3 is 6.03 Å². The lowest BCUT2D eigenvalue weighted by Gasteiger charge is -2.31. The first-order valence-corrected chi connectivity index (χ1v) is 8.24. The van der Waals surface area contributed by atoms with Crippen molar-refractivity contribution in [3.63, 3.8) is 0 Å². The van der Waals surface area contributed by atoms with E-state index in [1.165, 1.54) is 0 Å². The van der Waals surface area contributed by atoms with Crippen LogP contribution in [0, 0.1) is 12.8 Å². The molecule has 2 rings (SSSR count). The Morgan fingerprint density at radius 1 is 1.43 bits per heavy atom. The van der Waals surface area contributed by atoms with Gasteiger partial charge in [0, 0.05) is 18.0 Å². The van der Waals surface area contributed by atoms with Crippen LogP contribution in [0.3, 0.4) is 0 Å². The van der Waals surface area contributed by atoms with Crippen molar-refractivity contribution in [3.8, 4) is 0 Å². The van der Waals surface area contributed by atoms with Gasteiger partial charge in [-0.2, -0.15) is 0 Å². The molecule has 0 bridgehead atoms. The van der Waals surface area contributed by atoms with E-state index < -0.39 is 0 Å². The Morgan fingerprint density at radius 2 is 2.19 bits per heavy atom. The van der Waals surface area contributed by atoms with Crippen LogP contribution < -0.4 is 11.1 Å². The number of benzene rings is 1. The molecule has 0 spiro atoms. The molecule has 1 aromatic rings. The number of urea groups is 1. The maximum absolute atomic E-state index is 12.4. The van der Waals surface area contributed by atoms with Gasteiger partial charge in [0.05, 0.1) is 11.6 Å². The van der Waals surface area contributed by atoms with E-state index in [-0.39, 0.29) is 17.9 Å². The van der Waals surface area contributed by atoms with Gasteiger partial charge in [0.25, 0.3) is 0 Å². The fraction of sp³-hybridized carbons (Fsp3) is 0.467. The van der Waals surface area contributed by atoms with Gasteiger partial charge in [0.1, 0.15) is 0 Å². The van der Waals surface area contributed by atoms with E-state index in [0.29, 0.717) is 13.1 Å². The molecule has 1 heterocycles. The van der Waals surface area contributed by atoms with Crippen molar-refractivity contribution in [2.75, 3.05) is 24.7 Å². The summed E-state index contributed by atoms with van der Waals surface area (Å²) < 4.78 is 0. The number of aryl methyl sites for hydroxylation is 1. The minimum Gasteiger partial charge on any atom is -0.369 e. The van der Waals surface area contributed by atoms with Crippen LogP contribution in [0.25, 0.3) is 0 Å². The number of rotatable bonds is 3. The molecule has 1 unspecified atom stereocenters. The number of nitrogens with two attached hydrogens (primary N) is 1. The van der Waals surface area contributed by atoms with Gasteiger partial charge in [-0.1, -0.05) is 12.1 Å². The molecule has 1 atom stereocenters. The number of hydrogen-bond acceptors (Lipinski definition) is 3. The first-order valence-electron chi connectivity index (χ1n) is 7.01. The fourth-order valence-electron chi connectivity index (χ4n) is 2.55. The maximum Gasteiger partial charge on any atom is 0.321 e.